The van der Waals surface area contributed by atoms with E-state index in [9.17, 15) is 0 Å². The fourth-order valence-electron chi connectivity index (χ4n) is 2.65. The van der Waals surface area contributed by atoms with Gasteiger partial charge in [0.25, 0.3) is 0 Å². The number of nitrogens with one attached hydrogen (secondary N) is 3. The van der Waals surface area contributed by atoms with Gasteiger partial charge in [0.2, 0.25) is 0 Å². The van der Waals surface area contributed by atoms with E-state index in [1.807, 2.05) is 44.2 Å². The highest BCUT2D eigenvalue weighted by molar-refractivity contribution is 6.00. The average Bonchev–Trinajstić information content (AvgIpc) is 2.55. The molecular formula is C19H28N6. The largest absolute Gasteiger partial charge is 0.384 e. The van der Waals surface area contributed by atoms with Crippen LogP contribution in [0.5, 0.6) is 0 Å². The van der Waals surface area contributed by atoms with Crippen molar-refractivity contribution in [3.05, 3.63) is 47.0 Å². The van der Waals surface area contributed by atoms with E-state index in [-0.39, 0.29) is 11.9 Å². The van der Waals surface area contributed by atoms with Crippen molar-refractivity contribution in [2.75, 3.05) is 17.2 Å². The molecule has 0 aliphatic rings. The van der Waals surface area contributed by atoms with Crippen molar-refractivity contribution in [3.8, 4) is 0 Å². The summed E-state index contributed by atoms with van der Waals surface area (Å²) in [6.45, 7) is 6.76. The molecule has 134 valence electrons. The molecule has 0 spiro atoms. The monoisotopic (exact) mass is 340 g/mol. The molecule has 2 rings (SSSR count). The Morgan fingerprint density at radius 3 is 2.64 bits per heavy atom. The summed E-state index contributed by atoms with van der Waals surface area (Å²) in [4.78, 5) is 4.65. The third kappa shape index (κ3) is 5.19. The molecule has 6 nitrogen and oxygen atoms in total. The highest BCUT2D eigenvalue weighted by Crippen LogP contribution is 2.24. The van der Waals surface area contributed by atoms with Crippen molar-refractivity contribution >= 4 is 23.2 Å². The van der Waals surface area contributed by atoms with Crippen molar-refractivity contribution < 1.29 is 0 Å². The summed E-state index contributed by atoms with van der Waals surface area (Å²) < 4.78 is 0. The van der Waals surface area contributed by atoms with Crippen LogP contribution >= 0.6 is 0 Å². The van der Waals surface area contributed by atoms with Crippen LogP contribution in [0.2, 0.25) is 0 Å². The molecule has 1 atom stereocenters. The fraction of sp³-hybridized carbons (Fsp3) is 0.368. The second-order valence-corrected chi connectivity index (χ2v) is 6.39. The van der Waals surface area contributed by atoms with Crippen molar-refractivity contribution in [3.63, 3.8) is 0 Å². The standard InChI is InChI=1S/C19H28N6/c1-4-6-14(20)11-23-18-13(3)10-16(17(21)22)19(25-18)24-15-8-5-7-12(2)9-15/h5,7-10,14H,4,6,11,20H2,1-3H3,(H3,21,22)(H2,23,24,25). The van der Waals surface area contributed by atoms with Crippen LogP contribution < -0.4 is 22.1 Å². The first-order chi connectivity index (χ1) is 11.9. The topological polar surface area (TPSA) is 113 Å². The van der Waals surface area contributed by atoms with Crippen molar-refractivity contribution in [1.29, 1.82) is 5.41 Å². The van der Waals surface area contributed by atoms with Gasteiger partial charge in [0, 0.05) is 18.3 Å². The third-order valence-corrected chi connectivity index (χ3v) is 3.98. The van der Waals surface area contributed by atoms with Crippen molar-refractivity contribution in [2.45, 2.75) is 39.7 Å². The van der Waals surface area contributed by atoms with Gasteiger partial charge in [-0.15, -0.1) is 0 Å². The van der Waals surface area contributed by atoms with Gasteiger partial charge in [-0.25, -0.2) is 4.98 Å². The first kappa shape index (κ1) is 18.7. The molecule has 25 heavy (non-hydrogen) atoms. The molecule has 1 heterocycles. The number of benzene rings is 1. The zero-order valence-corrected chi connectivity index (χ0v) is 15.2. The molecule has 0 saturated carbocycles. The molecule has 7 N–H and O–H groups in total. The highest BCUT2D eigenvalue weighted by Gasteiger charge is 2.13. The third-order valence-electron chi connectivity index (χ3n) is 3.98. The number of rotatable bonds is 8. The quantitative estimate of drug-likeness (QED) is 0.374. The Bertz CT molecular complexity index is 741. The fourth-order valence-corrected chi connectivity index (χ4v) is 2.65. The van der Waals surface area contributed by atoms with Crippen LogP contribution in [0.15, 0.2) is 30.3 Å². The van der Waals surface area contributed by atoms with Crippen molar-refractivity contribution in [1.82, 2.24) is 4.98 Å². The maximum atomic E-state index is 7.83. The predicted molar refractivity (Wildman–Crippen MR) is 106 cm³/mol. The Labute approximate surface area is 149 Å². The Balaban J connectivity index is 2.29. The van der Waals surface area contributed by atoms with Crippen LogP contribution in [0.3, 0.4) is 0 Å². The van der Waals surface area contributed by atoms with Gasteiger partial charge in [-0.3, -0.25) is 5.41 Å². The first-order valence-electron chi connectivity index (χ1n) is 8.60. The number of aromatic nitrogens is 1. The zero-order chi connectivity index (χ0) is 18.4. The normalized spacial score (nSPS) is 11.8. The van der Waals surface area contributed by atoms with Gasteiger partial charge in [-0.1, -0.05) is 25.5 Å². The summed E-state index contributed by atoms with van der Waals surface area (Å²) in [6.07, 6.45) is 2.02. The second kappa shape index (κ2) is 8.48. The molecular weight excluding hydrogens is 312 g/mol. The van der Waals surface area contributed by atoms with Crippen LogP contribution in [-0.2, 0) is 0 Å². The molecule has 0 aliphatic carbocycles. The van der Waals surface area contributed by atoms with E-state index in [0.29, 0.717) is 17.9 Å². The number of nitrogens with two attached hydrogens (primary N) is 2. The van der Waals surface area contributed by atoms with Gasteiger partial charge >= 0.3 is 0 Å². The summed E-state index contributed by atoms with van der Waals surface area (Å²) >= 11 is 0. The van der Waals surface area contributed by atoms with E-state index in [1.54, 1.807) is 0 Å². The molecule has 1 aromatic carbocycles. The Kier molecular flexibility index (Phi) is 6.36. The van der Waals surface area contributed by atoms with Gasteiger partial charge in [0.05, 0.1) is 5.56 Å². The number of amidine groups is 1. The Morgan fingerprint density at radius 2 is 2.00 bits per heavy atom. The van der Waals surface area contributed by atoms with E-state index in [1.165, 1.54) is 0 Å². The smallest absolute Gasteiger partial charge is 0.143 e. The van der Waals surface area contributed by atoms with Gasteiger partial charge in [0.15, 0.2) is 0 Å². The maximum Gasteiger partial charge on any atom is 0.143 e. The maximum absolute atomic E-state index is 7.83. The first-order valence-corrected chi connectivity index (χ1v) is 8.60. The zero-order valence-electron chi connectivity index (χ0n) is 15.2. The lowest BCUT2D eigenvalue weighted by molar-refractivity contribution is 0.626. The predicted octanol–water partition coefficient (Wildman–Crippen LogP) is 3.27. The van der Waals surface area contributed by atoms with E-state index in [2.05, 4.69) is 22.5 Å². The Morgan fingerprint density at radius 1 is 1.24 bits per heavy atom. The number of hydrogen-bond donors (Lipinski definition) is 5. The molecule has 0 saturated heterocycles. The SMILES string of the molecule is CCCC(N)CNc1nc(Nc2cccc(C)c2)c(C(=N)N)cc1C. The number of anilines is 3. The summed E-state index contributed by atoms with van der Waals surface area (Å²) in [6, 6.07) is 9.95. The number of pyridine rings is 1. The minimum atomic E-state index is -0.0139. The van der Waals surface area contributed by atoms with E-state index in [0.717, 1.165) is 35.5 Å². The lowest BCUT2D eigenvalue weighted by Gasteiger charge is -2.17. The van der Waals surface area contributed by atoms with Crippen LogP contribution in [0, 0.1) is 19.3 Å². The highest BCUT2D eigenvalue weighted by atomic mass is 15.1. The minimum absolute atomic E-state index is 0.0139. The summed E-state index contributed by atoms with van der Waals surface area (Å²) in [7, 11) is 0. The van der Waals surface area contributed by atoms with E-state index < -0.39 is 0 Å². The molecule has 0 fully saturated rings. The van der Waals surface area contributed by atoms with Gasteiger partial charge in [-0.05, 0) is 49.6 Å². The molecule has 6 heteroatoms. The van der Waals surface area contributed by atoms with Crippen LogP contribution in [0.4, 0.5) is 17.3 Å². The van der Waals surface area contributed by atoms with Crippen LogP contribution in [-0.4, -0.2) is 23.4 Å². The minimum Gasteiger partial charge on any atom is -0.384 e. The second-order valence-electron chi connectivity index (χ2n) is 6.39. The van der Waals surface area contributed by atoms with Gasteiger partial charge in [0.1, 0.15) is 17.5 Å². The number of aryl methyl sites for hydroxylation is 2. The van der Waals surface area contributed by atoms with Gasteiger partial charge in [-0.2, -0.15) is 0 Å². The number of hydrogen-bond acceptors (Lipinski definition) is 5. The summed E-state index contributed by atoms with van der Waals surface area (Å²) in [5.41, 5.74) is 15.4. The average molecular weight is 340 g/mol. The molecule has 0 aliphatic heterocycles. The van der Waals surface area contributed by atoms with E-state index >= 15 is 0 Å². The Hall–Kier alpha value is -2.60. The number of nitrogens with zero attached hydrogens (tertiary/aromatic N) is 1. The molecule has 0 bridgehead atoms. The summed E-state index contributed by atoms with van der Waals surface area (Å²) in [5, 5.41) is 14.4. The van der Waals surface area contributed by atoms with E-state index in [4.69, 9.17) is 16.9 Å². The molecule has 0 radical (unpaired) electrons. The molecule has 0 amide bonds. The van der Waals surface area contributed by atoms with Gasteiger partial charge < -0.3 is 22.1 Å². The van der Waals surface area contributed by atoms with Crippen molar-refractivity contribution in [2.24, 2.45) is 11.5 Å². The van der Waals surface area contributed by atoms with Crippen LogP contribution in [0.25, 0.3) is 0 Å². The molecule has 2 aromatic rings. The summed E-state index contributed by atoms with van der Waals surface area (Å²) in [5.74, 6) is 1.31. The van der Waals surface area contributed by atoms with Crippen LogP contribution in [0.1, 0.15) is 36.5 Å². The lowest BCUT2D eigenvalue weighted by Crippen LogP contribution is -2.29. The number of nitrogen functional groups attached to an aromatic ring is 1. The molecule has 1 unspecified atom stereocenters. The molecule has 1 aromatic heterocycles. The lowest BCUT2D eigenvalue weighted by atomic mass is 10.1.